The maximum Gasteiger partial charge on any atom is 0.251 e. The summed E-state index contributed by atoms with van der Waals surface area (Å²) in [6.45, 7) is 3.31. The summed E-state index contributed by atoms with van der Waals surface area (Å²) in [6.07, 6.45) is 2.34. The summed E-state index contributed by atoms with van der Waals surface area (Å²) in [7, 11) is 0. The van der Waals surface area contributed by atoms with Crippen molar-refractivity contribution in [1.82, 2.24) is 10.2 Å². The Hall–Kier alpha value is -2.31. The minimum absolute atomic E-state index is 0.0170. The van der Waals surface area contributed by atoms with E-state index in [0.717, 1.165) is 35.2 Å². The second-order valence-electron chi connectivity index (χ2n) is 7.31. The number of carbonyl (C=O) groups excluding carboxylic acids is 2. The molecule has 0 aliphatic carbocycles. The molecule has 5 nitrogen and oxygen atoms in total. The fourth-order valence-corrected chi connectivity index (χ4v) is 4.94. The Labute approximate surface area is 163 Å². The van der Waals surface area contributed by atoms with E-state index in [1.54, 1.807) is 12.1 Å². The highest BCUT2D eigenvalue weighted by molar-refractivity contribution is 7.99. The van der Waals surface area contributed by atoms with Gasteiger partial charge in [0.1, 0.15) is 0 Å². The van der Waals surface area contributed by atoms with Crippen LogP contribution in [0.4, 0.5) is 0 Å². The van der Waals surface area contributed by atoms with Crippen LogP contribution in [0.25, 0.3) is 0 Å². The predicted molar refractivity (Wildman–Crippen MR) is 106 cm³/mol. The Morgan fingerprint density at radius 2 is 1.85 bits per heavy atom. The Morgan fingerprint density at radius 1 is 1.07 bits per heavy atom. The van der Waals surface area contributed by atoms with Crippen molar-refractivity contribution in [1.29, 1.82) is 0 Å². The lowest BCUT2D eigenvalue weighted by molar-refractivity contribution is 0.0908. The largest absolute Gasteiger partial charge is 0.366 e. The van der Waals surface area contributed by atoms with E-state index in [1.807, 2.05) is 36.4 Å². The van der Waals surface area contributed by atoms with Gasteiger partial charge in [-0.15, -0.1) is 0 Å². The van der Waals surface area contributed by atoms with Gasteiger partial charge in [0.15, 0.2) is 0 Å². The van der Waals surface area contributed by atoms with Gasteiger partial charge in [-0.3, -0.25) is 9.59 Å². The second kappa shape index (κ2) is 7.74. The van der Waals surface area contributed by atoms with Crippen LogP contribution in [0, 0.1) is 5.92 Å². The number of carbonyl (C=O) groups is 2. The van der Waals surface area contributed by atoms with Gasteiger partial charge in [-0.05, 0) is 61.7 Å². The lowest BCUT2D eigenvalue weighted by Crippen LogP contribution is -2.47. The molecular formula is C21H23N3O2S. The number of fused-ring (bicyclic) bond motifs is 2. The van der Waals surface area contributed by atoms with Gasteiger partial charge in [-0.2, -0.15) is 0 Å². The molecule has 2 amide bonds. The van der Waals surface area contributed by atoms with Crippen molar-refractivity contribution >= 4 is 23.6 Å². The first-order valence-corrected chi connectivity index (χ1v) is 10.1. The smallest absolute Gasteiger partial charge is 0.251 e. The topological polar surface area (TPSA) is 75.4 Å². The second-order valence-corrected chi connectivity index (χ2v) is 8.42. The Balaban J connectivity index is 1.40. The van der Waals surface area contributed by atoms with Gasteiger partial charge >= 0.3 is 0 Å². The monoisotopic (exact) mass is 381 g/mol. The maximum atomic E-state index is 12.6. The molecule has 2 aromatic rings. The summed E-state index contributed by atoms with van der Waals surface area (Å²) < 4.78 is 0. The van der Waals surface area contributed by atoms with Crippen molar-refractivity contribution in [2.45, 2.75) is 28.7 Å². The quantitative estimate of drug-likeness (QED) is 0.835. The zero-order chi connectivity index (χ0) is 18.8. The van der Waals surface area contributed by atoms with Crippen LogP contribution >= 0.6 is 11.8 Å². The fraction of sp³-hybridized carbons (Fsp3) is 0.333. The van der Waals surface area contributed by atoms with Gasteiger partial charge in [-0.25, -0.2) is 0 Å². The molecule has 27 heavy (non-hydrogen) atoms. The molecule has 0 aromatic heterocycles. The van der Waals surface area contributed by atoms with Crippen LogP contribution in [0.2, 0.25) is 0 Å². The number of nitrogens with two attached hydrogens (primary N) is 1. The molecule has 2 saturated heterocycles. The van der Waals surface area contributed by atoms with Gasteiger partial charge in [0, 0.05) is 34.5 Å². The summed E-state index contributed by atoms with van der Waals surface area (Å²) in [5.74, 6) is 0.274. The molecule has 1 unspecified atom stereocenters. The zero-order valence-corrected chi connectivity index (χ0v) is 15.9. The van der Waals surface area contributed by atoms with Crippen molar-refractivity contribution in [3.63, 3.8) is 0 Å². The molecular weight excluding hydrogens is 358 g/mol. The van der Waals surface area contributed by atoms with Crippen LogP contribution in [-0.2, 0) is 0 Å². The normalized spacial score (nSPS) is 23.8. The van der Waals surface area contributed by atoms with E-state index in [9.17, 15) is 9.59 Å². The summed E-state index contributed by atoms with van der Waals surface area (Å²) in [6, 6.07) is 15.0. The molecule has 0 saturated carbocycles. The number of nitrogens with zero attached hydrogens (tertiary/aromatic N) is 1. The first kappa shape index (κ1) is 18.1. The van der Waals surface area contributed by atoms with Gasteiger partial charge in [0.25, 0.3) is 5.91 Å². The van der Waals surface area contributed by atoms with E-state index in [2.05, 4.69) is 10.2 Å². The number of hydrogen-bond acceptors (Lipinski definition) is 4. The van der Waals surface area contributed by atoms with Crippen molar-refractivity contribution in [3.8, 4) is 0 Å². The fourth-order valence-electron chi connectivity index (χ4n) is 3.99. The molecule has 2 aromatic carbocycles. The van der Waals surface area contributed by atoms with Crippen LogP contribution in [0.3, 0.4) is 0 Å². The summed E-state index contributed by atoms with van der Waals surface area (Å²) in [4.78, 5) is 28.3. The number of piperidine rings is 1. The number of primary amides is 1. The SMILES string of the molecule is NC(=O)c1ccccc1Sc1ccc(C(=O)N[C@@H]2C[C@@H]3CCN(C3)C2)cc1. The standard InChI is InChI=1S/C21H23N3O2S/c22-20(25)18-3-1-2-4-19(18)27-17-7-5-15(6-8-17)21(26)23-16-11-14-9-10-24(12-14)13-16/h1-8,14,16H,9-13H2,(H2,22,25)(H,23,26)/t14-,16+/m0/s1. The molecule has 2 fully saturated rings. The van der Waals surface area contributed by atoms with Crippen molar-refractivity contribution in [3.05, 3.63) is 59.7 Å². The highest BCUT2D eigenvalue weighted by atomic mass is 32.2. The molecule has 2 heterocycles. The minimum Gasteiger partial charge on any atom is -0.366 e. The van der Waals surface area contributed by atoms with E-state index < -0.39 is 5.91 Å². The van der Waals surface area contributed by atoms with Crippen molar-refractivity contribution < 1.29 is 9.59 Å². The lowest BCUT2D eigenvalue weighted by Gasteiger charge is -2.30. The minimum atomic E-state index is -0.439. The third-order valence-corrected chi connectivity index (χ3v) is 6.38. The molecule has 2 bridgehead atoms. The van der Waals surface area contributed by atoms with Crippen LogP contribution in [0.5, 0.6) is 0 Å². The number of rotatable bonds is 5. The van der Waals surface area contributed by atoms with E-state index in [1.165, 1.54) is 24.7 Å². The van der Waals surface area contributed by atoms with Crippen molar-refractivity contribution in [2.24, 2.45) is 11.7 Å². The number of nitrogens with one attached hydrogen (secondary N) is 1. The molecule has 140 valence electrons. The average molecular weight is 382 g/mol. The van der Waals surface area contributed by atoms with Gasteiger partial charge in [-0.1, -0.05) is 23.9 Å². The molecule has 2 aliphatic heterocycles. The Morgan fingerprint density at radius 3 is 2.59 bits per heavy atom. The van der Waals surface area contributed by atoms with Crippen LogP contribution in [0.1, 0.15) is 33.6 Å². The molecule has 3 atom stereocenters. The van der Waals surface area contributed by atoms with Gasteiger partial charge in [0.05, 0.1) is 5.56 Å². The summed E-state index contributed by atoms with van der Waals surface area (Å²) >= 11 is 1.47. The molecule has 0 radical (unpaired) electrons. The number of amides is 2. The lowest BCUT2D eigenvalue weighted by atomic mass is 9.96. The van der Waals surface area contributed by atoms with Crippen LogP contribution in [0.15, 0.2) is 58.3 Å². The molecule has 6 heteroatoms. The van der Waals surface area contributed by atoms with E-state index in [0.29, 0.717) is 11.1 Å². The van der Waals surface area contributed by atoms with Crippen LogP contribution < -0.4 is 11.1 Å². The molecule has 0 spiro atoms. The third kappa shape index (κ3) is 4.17. The van der Waals surface area contributed by atoms with Crippen molar-refractivity contribution in [2.75, 3.05) is 19.6 Å². The summed E-state index contributed by atoms with van der Waals surface area (Å²) in [5.41, 5.74) is 6.60. The first-order valence-electron chi connectivity index (χ1n) is 9.28. The first-order chi connectivity index (χ1) is 13.1. The molecule has 2 aliphatic rings. The Kier molecular flexibility index (Phi) is 5.18. The van der Waals surface area contributed by atoms with E-state index in [-0.39, 0.29) is 11.9 Å². The highest BCUT2D eigenvalue weighted by Crippen LogP contribution is 2.31. The van der Waals surface area contributed by atoms with Gasteiger partial charge in [0.2, 0.25) is 5.91 Å². The summed E-state index contributed by atoms with van der Waals surface area (Å²) in [5, 5.41) is 3.18. The van der Waals surface area contributed by atoms with Gasteiger partial charge < -0.3 is 16.0 Å². The van der Waals surface area contributed by atoms with E-state index in [4.69, 9.17) is 5.73 Å². The third-order valence-electron chi connectivity index (χ3n) is 5.30. The predicted octanol–water partition coefficient (Wildman–Crippen LogP) is 2.76. The van der Waals surface area contributed by atoms with E-state index >= 15 is 0 Å². The maximum absolute atomic E-state index is 12.6. The Bertz CT molecular complexity index is 841. The number of hydrogen-bond donors (Lipinski definition) is 2. The molecule has 4 rings (SSSR count). The zero-order valence-electron chi connectivity index (χ0n) is 15.1. The number of benzene rings is 2. The highest BCUT2D eigenvalue weighted by Gasteiger charge is 2.32. The molecule has 3 N–H and O–H groups in total. The van der Waals surface area contributed by atoms with Crippen LogP contribution in [-0.4, -0.2) is 42.4 Å². The average Bonchev–Trinajstić information content (AvgIpc) is 3.01.